The first-order chi connectivity index (χ1) is 16.0. The molecule has 2 aliphatic heterocycles. The van der Waals surface area contributed by atoms with E-state index in [1.54, 1.807) is 12.1 Å². The second-order valence-corrected chi connectivity index (χ2v) is 10.6. The zero-order valence-electron chi connectivity index (χ0n) is 18.3. The number of rotatable bonds is 4. The summed E-state index contributed by atoms with van der Waals surface area (Å²) in [5.74, 6) is -0.0231. The Morgan fingerprint density at radius 1 is 0.879 bits per heavy atom. The van der Waals surface area contributed by atoms with Gasteiger partial charge in [-0.15, -0.1) is 16.4 Å². The molecule has 5 rings (SSSR count). The molecular weight excluding hydrogens is 456 g/mol. The maximum Gasteiger partial charge on any atom is 0.267 e. The van der Waals surface area contributed by atoms with Crippen molar-refractivity contribution in [3.05, 3.63) is 57.1 Å². The molecular formula is C24H24N4O3S2. The zero-order valence-corrected chi connectivity index (χ0v) is 20.0. The van der Waals surface area contributed by atoms with E-state index in [4.69, 9.17) is 0 Å². The standard InChI is InChI=1S/C24H24N4O3S2/c1-16(29)18-7-8-19(32-18)22(30)27-12-9-24(10-13-27)11-14-28(15-24)23(31)21-20(25-26-33-21)17-5-3-2-4-6-17/h2-8H,9-15H2,1H3. The third-order valence-electron chi connectivity index (χ3n) is 6.73. The fourth-order valence-electron chi connectivity index (χ4n) is 4.76. The SMILES string of the molecule is CC(=O)c1ccc(C(=O)N2CCC3(CC2)CCN(C(=O)c2snnc2-c2ccccc2)C3)s1. The lowest BCUT2D eigenvalue weighted by atomic mass is 9.77. The largest absolute Gasteiger partial charge is 0.338 e. The summed E-state index contributed by atoms with van der Waals surface area (Å²) < 4.78 is 4.05. The highest BCUT2D eigenvalue weighted by atomic mass is 32.1. The van der Waals surface area contributed by atoms with E-state index >= 15 is 0 Å². The minimum absolute atomic E-state index is 0.00323. The molecule has 2 fully saturated rings. The number of carbonyl (C=O) groups is 3. The maximum absolute atomic E-state index is 13.3. The van der Waals surface area contributed by atoms with Gasteiger partial charge in [-0.1, -0.05) is 34.8 Å². The van der Waals surface area contributed by atoms with E-state index in [1.807, 2.05) is 40.1 Å². The topological polar surface area (TPSA) is 83.5 Å². The van der Waals surface area contributed by atoms with Crippen molar-refractivity contribution in [1.29, 1.82) is 0 Å². The Morgan fingerprint density at radius 3 is 2.21 bits per heavy atom. The highest BCUT2D eigenvalue weighted by Gasteiger charge is 2.43. The van der Waals surface area contributed by atoms with Gasteiger partial charge in [0, 0.05) is 31.7 Å². The van der Waals surface area contributed by atoms with Gasteiger partial charge in [-0.2, -0.15) is 0 Å². The van der Waals surface area contributed by atoms with Crippen molar-refractivity contribution in [3.63, 3.8) is 0 Å². The van der Waals surface area contributed by atoms with Crippen molar-refractivity contribution < 1.29 is 14.4 Å². The van der Waals surface area contributed by atoms with Crippen molar-refractivity contribution in [2.75, 3.05) is 26.2 Å². The molecule has 0 unspecified atom stereocenters. The van der Waals surface area contributed by atoms with Crippen molar-refractivity contribution in [1.82, 2.24) is 19.4 Å². The number of ketones is 1. The van der Waals surface area contributed by atoms with Gasteiger partial charge in [-0.05, 0) is 55.3 Å². The number of likely N-dealkylation sites (tertiary alicyclic amines) is 2. The highest BCUT2D eigenvalue weighted by Crippen LogP contribution is 2.41. The van der Waals surface area contributed by atoms with Gasteiger partial charge in [0.2, 0.25) is 0 Å². The van der Waals surface area contributed by atoms with Crippen LogP contribution in [0.2, 0.25) is 0 Å². The van der Waals surface area contributed by atoms with Crippen molar-refractivity contribution in [2.24, 2.45) is 5.41 Å². The van der Waals surface area contributed by atoms with Gasteiger partial charge in [0.15, 0.2) is 5.78 Å². The normalized spacial score (nSPS) is 17.5. The third kappa shape index (κ3) is 4.22. The number of carbonyl (C=O) groups excluding carboxylic acids is 3. The molecule has 0 aliphatic carbocycles. The van der Waals surface area contributed by atoms with E-state index in [1.165, 1.54) is 18.3 Å². The molecule has 0 bridgehead atoms. The monoisotopic (exact) mass is 480 g/mol. The first-order valence-electron chi connectivity index (χ1n) is 11.0. The average molecular weight is 481 g/mol. The molecule has 0 N–H and O–H groups in total. The lowest BCUT2D eigenvalue weighted by Gasteiger charge is -2.39. The number of aromatic nitrogens is 2. The third-order valence-corrected chi connectivity index (χ3v) is 8.62. The molecule has 2 saturated heterocycles. The van der Waals surface area contributed by atoms with Gasteiger partial charge in [0.05, 0.1) is 9.75 Å². The molecule has 170 valence electrons. The number of hydrogen-bond donors (Lipinski definition) is 0. The van der Waals surface area contributed by atoms with Gasteiger partial charge >= 0.3 is 0 Å². The van der Waals surface area contributed by atoms with Crippen LogP contribution in [0.1, 0.15) is 55.2 Å². The van der Waals surface area contributed by atoms with Gasteiger partial charge < -0.3 is 9.80 Å². The van der Waals surface area contributed by atoms with Crippen molar-refractivity contribution >= 4 is 40.5 Å². The van der Waals surface area contributed by atoms with Crippen LogP contribution in [-0.2, 0) is 0 Å². The Hall–Kier alpha value is -2.91. The molecule has 2 aliphatic rings. The molecule has 2 aromatic heterocycles. The summed E-state index contributed by atoms with van der Waals surface area (Å²) in [6.45, 7) is 4.28. The molecule has 9 heteroatoms. The maximum atomic E-state index is 13.3. The molecule has 0 atom stereocenters. The Bertz CT molecular complexity index is 1200. The van der Waals surface area contributed by atoms with E-state index in [0.717, 1.165) is 36.4 Å². The molecule has 33 heavy (non-hydrogen) atoms. The van der Waals surface area contributed by atoms with Crippen LogP contribution in [-0.4, -0.2) is 63.2 Å². The van der Waals surface area contributed by atoms with E-state index in [2.05, 4.69) is 9.59 Å². The zero-order chi connectivity index (χ0) is 23.0. The summed E-state index contributed by atoms with van der Waals surface area (Å²) in [6.07, 6.45) is 2.70. The van der Waals surface area contributed by atoms with Crippen LogP contribution < -0.4 is 0 Å². The number of amides is 2. The van der Waals surface area contributed by atoms with Crippen LogP contribution in [0, 0.1) is 5.41 Å². The summed E-state index contributed by atoms with van der Waals surface area (Å²) >= 11 is 2.42. The molecule has 7 nitrogen and oxygen atoms in total. The predicted molar refractivity (Wildman–Crippen MR) is 128 cm³/mol. The second kappa shape index (κ2) is 8.79. The molecule has 4 heterocycles. The van der Waals surface area contributed by atoms with E-state index < -0.39 is 0 Å². The van der Waals surface area contributed by atoms with E-state index in [9.17, 15) is 14.4 Å². The summed E-state index contributed by atoms with van der Waals surface area (Å²) in [6, 6.07) is 13.2. The highest BCUT2D eigenvalue weighted by molar-refractivity contribution is 7.16. The number of thiophene rings is 1. The Kier molecular flexibility index (Phi) is 5.84. The quantitative estimate of drug-likeness (QED) is 0.522. The van der Waals surface area contributed by atoms with Gasteiger partial charge in [-0.3, -0.25) is 14.4 Å². The van der Waals surface area contributed by atoms with Crippen LogP contribution >= 0.6 is 22.9 Å². The molecule has 1 aromatic carbocycles. The van der Waals surface area contributed by atoms with Crippen molar-refractivity contribution in [2.45, 2.75) is 26.2 Å². The summed E-state index contributed by atoms with van der Waals surface area (Å²) in [7, 11) is 0. The van der Waals surface area contributed by atoms with Crippen LogP contribution in [0.25, 0.3) is 11.3 Å². The minimum Gasteiger partial charge on any atom is -0.338 e. The predicted octanol–water partition coefficient (Wildman–Crippen LogP) is 4.24. The first-order valence-corrected chi connectivity index (χ1v) is 12.6. The molecule has 2 amide bonds. The van der Waals surface area contributed by atoms with Crippen LogP contribution in [0.4, 0.5) is 0 Å². The van der Waals surface area contributed by atoms with Crippen molar-refractivity contribution in [3.8, 4) is 11.3 Å². The molecule has 3 aromatic rings. The van der Waals surface area contributed by atoms with Crippen LogP contribution in [0.3, 0.4) is 0 Å². The fourth-order valence-corrected chi connectivity index (χ4v) is 6.28. The Morgan fingerprint density at radius 2 is 1.55 bits per heavy atom. The second-order valence-electron chi connectivity index (χ2n) is 8.81. The van der Waals surface area contributed by atoms with Crippen LogP contribution in [0.5, 0.6) is 0 Å². The number of hydrogen-bond acceptors (Lipinski definition) is 7. The number of piperidine rings is 1. The smallest absolute Gasteiger partial charge is 0.267 e. The Labute approximate surface area is 200 Å². The average Bonchev–Trinajstić information content (AvgIpc) is 3.59. The molecule has 0 saturated carbocycles. The first kappa shape index (κ1) is 21.9. The fraction of sp³-hybridized carbons (Fsp3) is 0.375. The van der Waals surface area contributed by atoms with Crippen LogP contribution in [0.15, 0.2) is 42.5 Å². The molecule has 0 radical (unpaired) electrons. The summed E-state index contributed by atoms with van der Waals surface area (Å²) in [5, 5.41) is 4.21. The van der Waals surface area contributed by atoms with Gasteiger partial charge in [0.25, 0.3) is 11.8 Å². The lowest BCUT2D eigenvalue weighted by molar-refractivity contribution is 0.0570. The van der Waals surface area contributed by atoms with E-state index in [-0.39, 0.29) is 23.0 Å². The van der Waals surface area contributed by atoms with Gasteiger partial charge in [-0.25, -0.2) is 0 Å². The Balaban J connectivity index is 1.23. The lowest BCUT2D eigenvalue weighted by Crippen LogP contribution is -2.44. The minimum atomic E-state index is -0.0149. The van der Waals surface area contributed by atoms with Gasteiger partial charge in [0.1, 0.15) is 10.6 Å². The summed E-state index contributed by atoms with van der Waals surface area (Å²) in [5.41, 5.74) is 1.60. The number of nitrogens with zero attached hydrogens (tertiary/aromatic N) is 4. The summed E-state index contributed by atoms with van der Waals surface area (Å²) in [4.78, 5) is 43.4. The van der Waals surface area contributed by atoms with E-state index in [0.29, 0.717) is 46.5 Å². The molecule has 1 spiro atoms. The number of Topliss-reactive ketones (excluding diaryl/α,β-unsaturated/α-hetero) is 1. The number of benzene rings is 1.